The van der Waals surface area contributed by atoms with E-state index < -0.39 is 15.7 Å². The smallest absolute Gasteiger partial charge is 0.243 e. The normalized spacial score (nSPS) is 21.1. The first kappa shape index (κ1) is 23.9. The number of hydrogen-bond donors (Lipinski definition) is 1. The number of aryl methyl sites for hydroxylation is 1. The van der Waals surface area contributed by atoms with Crippen LogP contribution >= 0.6 is 0 Å². The van der Waals surface area contributed by atoms with Crippen LogP contribution in [0.15, 0.2) is 59.5 Å². The average Bonchev–Trinajstić information content (AvgIpc) is 3.05. The van der Waals surface area contributed by atoms with E-state index in [1.54, 1.807) is 23.5 Å². The zero-order valence-electron chi connectivity index (χ0n) is 19.4. The van der Waals surface area contributed by atoms with Crippen molar-refractivity contribution < 1.29 is 17.9 Å². The molecule has 1 amide bonds. The summed E-state index contributed by atoms with van der Waals surface area (Å²) in [5.74, 6) is 0.0878. The largest absolute Gasteiger partial charge is 0.385 e. The Morgan fingerprint density at radius 3 is 2.36 bits per heavy atom. The predicted octanol–water partition coefficient (Wildman–Crippen LogP) is 2.56. The first-order chi connectivity index (χ1) is 15.9. The first-order valence-corrected chi connectivity index (χ1v) is 13.0. The van der Waals surface area contributed by atoms with Crippen molar-refractivity contribution in [2.75, 3.05) is 33.4 Å². The maximum Gasteiger partial charge on any atom is 0.243 e. The second-order valence-electron chi connectivity index (χ2n) is 8.97. The molecule has 33 heavy (non-hydrogen) atoms. The van der Waals surface area contributed by atoms with E-state index in [0.29, 0.717) is 50.4 Å². The molecule has 1 atom stereocenters. The molecular weight excluding hydrogens is 438 g/mol. The van der Waals surface area contributed by atoms with Crippen molar-refractivity contribution in [1.82, 2.24) is 14.5 Å². The van der Waals surface area contributed by atoms with Crippen molar-refractivity contribution in [2.45, 2.75) is 49.2 Å². The zero-order chi connectivity index (χ0) is 23.5. The second-order valence-corrected chi connectivity index (χ2v) is 10.9. The molecule has 8 heteroatoms. The summed E-state index contributed by atoms with van der Waals surface area (Å²) < 4.78 is 33.1. The van der Waals surface area contributed by atoms with Gasteiger partial charge in [0.2, 0.25) is 15.9 Å². The van der Waals surface area contributed by atoms with Gasteiger partial charge in [0.05, 0.1) is 16.6 Å². The molecule has 0 aliphatic carbocycles. The SMILES string of the molecule is COCCCN1C(=O)C(Cc2ccccc2)NC12CCN(S(=O)(=O)c1ccc(C)cc1)CC2. The molecule has 1 N–H and O–H groups in total. The van der Waals surface area contributed by atoms with Gasteiger partial charge in [0, 0.05) is 33.4 Å². The molecule has 2 fully saturated rings. The van der Waals surface area contributed by atoms with Crippen molar-refractivity contribution in [1.29, 1.82) is 0 Å². The molecule has 7 nitrogen and oxygen atoms in total. The van der Waals surface area contributed by atoms with E-state index in [2.05, 4.69) is 5.32 Å². The van der Waals surface area contributed by atoms with Gasteiger partial charge < -0.3 is 9.64 Å². The molecule has 0 bridgehead atoms. The van der Waals surface area contributed by atoms with Gasteiger partial charge in [-0.15, -0.1) is 0 Å². The fourth-order valence-electron chi connectivity index (χ4n) is 4.91. The number of ether oxygens (including phenoxy) is 1. The lowest BCUT2D eigenvalue weighted by Gasteiger charge is -2.44. The Morgan fingerprint density at radius 1 is 1.06 bits per heavy atom. The number of rotatable bonds is 8. The van der Waals surface area contributed by atoms with Crippen LogP contribution in [0.25, 0.3) is 0 Å². The molecule has 2 saturated heterocycles. The summed E-state index contributed by atoms with van der Waals surface area (Å²) in [5.41, 5.74) is 1.61. The number of benzene rings is 2. The minimum Gasteiger partial charge on any atom is -0.385 e. The highest BCUT2D eigenvalue weighted by atomic mass is 32.2. The number of nitrogens with one attached hydrogen (secondary N) is 1. The number of carbonyl (C=O) groups excluding carboxylic acids is 1. The fourth-order valence-corrected chi connectivity index (χ4v) is 6.35. The van der Waals surface area contributed by atoms with E-state index in [1.807, 2.05) is 54.3 Å². The van der Waals surface area contributed by atoms with Crippen molar-refractivity contribution in [3.05, 3.63) is 65.7 Å². The Balaban J connectivity index is 1.51. The number of amides is 1. The van der Waals surface area contributed by atoms with Crippen LogP contribution in [-0.2, 0) is 26.0 Å². The van der Waals surface area contributed by atoms with E-state index in [-0.39, 0.29) is 11.9 Å². The molecule has 1 spiro atoms. The van der Waals surface area contributed by atoms with Crippen molar-refractivity contribution >= 4 is 15.9 Å². The Morgan fingerprint density at radius 2 is 1.73 bits per heavy atom. The molecule has 2 heterocycles. The number of hydrogen-bond acceptors (Lipinski definition) is 5. The van der Waals surface area contributed by atoms with E-state index in [9.17, 15) is 13.2 Å². The number of carbonyl (C=O) groups is 1. The maximum atomic E-state index is 13.4. The summed E-state index contributed by atoms with van der Waals surface area (Å²) in [7, 11) is -1.90. The predicted molar refractivity (Wildman–Crippen MR) is 127 cm³/mol. The van der Waals surface area contributed by atoms with E-state index in [4.69, 9.17) is 4.74 Å². The minimum atomic E-state index is -3.56. The van der Waals surface area contributed by atoms with Gasteiger partial charge in [-0.25, -0.2) is 8.42 Å². The molecule has 1 unspecified atom stereocenters. The second kappa shape index (κ2) is 9.93. The van der Waals surface area contributed by atoms with Gasteiger partial charge in [0.25, 0.3) is 0 Å². The van der Waals surface area contributed by atoms with Gasteiger partial charge in [-0.1, -0.05) is 48.0 Å². The van der Waals surface area contributed by atoms with Crippen molar-refractivity contribution in [2.24, 2.45) is 0 Å². The minimum absolute atomic E-state index is 0.0878. The Kier molecular flexibility index (Phi) is 7.19. The molecular formula is C25H33N3O4S. The third kappa shape index (κ3) is 4.99. The number of nitrogens with zero attached hydrogens (tertiary/aromatic N) is 2. The molecule has 178 valence electrons. The number of methoxy groups -OCH3 is 1. The van der Waals surface area contributed by atoms with Gasteiger partial charge in [-0.2, -0.15) is 4.31 Å². The maximum absolute atomic E-state index is 13.4. The third-order valence-corrected chi connectivity index (χ3v) is 8.66. The zero-order valence-corrected chi connectivity index (χ0v) is 20.2. The summed E-state index contributed by atoms with van der Waals surface area (Å²) in [6.07, 6.45) is 2.48. The summed E-state index contributed by atoms with van der Waals surface area (Å²) >= 11 is 0. The first-order valence-electron chi connectivity index (χ1n) is 11.5. The van der Waals surface area contributed by atoms with Crippen molar-refractivity contribution in [3.63, 3.8) is 0 Å². The summed E-state index contributed by atoms with van der Waals surface area (Å²) in [4.78, 5) is 15.7. The molecule has 0 aromatic heterocycles. The van der Waals surface area contributed by atoms with Crippen LogP contribution in [0, 0.1) is 6.92 Å². The van der Waals surface area contributed by atoms with Gasteiger partial charge >= 0.3 is 0 Å². The molecule has 2 aliphatic heterocycles. The molecule has 0 radical (unpaired) electrons. The lowest BCUT2D eigenvalue weighted by Crippen LogP contribution is -2.59. The molecule has 4 rings (SSSR count). The molecule has 2 aliphatic rings. The van der Waals surface area contributed by atoms with Crippen LogP contribution in [-0.4, -0.2) is 68.6 Å². The third-order valence-electron chi connectivity index (χ3n) is 6.74. The Bertz CT molecular complexity index is 1050. The summed E-state index contributed by atoms with van der Waals surface area (Å²) in [6, 6.07) is 16.7. The molecule has 0 saturated carbocycles. The standard InChI is InChI=1S/C25H33N3O4S/c1-20-9-11-22(12-10-20)33(30,31)27-16-13-25(14-17-27)26-23(19-21-7-4-3-5-8-21)24(29)28(25)15-6-18-32-2/h3-5,7-12,23,26H,6,13-19H2,1-2H3. The quantitative estimate of drug-likeness (QED) is 0.599. The highest BCUT2D eigenvalue weighted by Gasteiger charge is 2.52. The van der Waals surface area contributed by atoms with E-state index in [1.165, 1.54) is 0 Å². The topological polar surface area (TPSA) is 79.0 Å². The van der Waals surface area contributed by atoms with Crippen LogP contribution in [0.4, 0.5) is 0 Å². The number of piperidine rings is 1. The highest BCUT2D eigenvalue weighted by molar-refractivity contribution is 7.89. The van der Waals surface area contributed by atoms with Crippen LogP contribution < -0.4 is 5.32 Å². The summed E-state index contributed by atoms with van der Waals surface area (Å²) in [5, 5.41) is 3.61. The highest BCUT2D eigenvalue weighted by Crippen LogP contribution is 2.35. The Labute approximate surface area is 196 Å². The van der Waals surface area contributed by atoms with Gasteiger partial charge in [-0.3, -0.25) is 10.1 Å². The molecule has 2 aromatic rings. The van der Waals surface area contributed by atoms with Gasteiger partial charge in [-0.05, 0) is 50.3 Å². The van der Waals surface area contributed by atoms with Gasteiger partial charge in [0.1, 0.15) is 0 Å². The number of sulfonamides is 1. The lowest BCUT2D eigenvalue weighted by molar-refractivity contribution is -0.133. The van der Waals surface area contributed by atoms with E-state index >= 15 is 0 Å². The lowest BCUT2D eigenvalue weighted by atomic mass is 9.97. The molecule has 2 aromatic carbocycles. The van der Waals surface area contributed by atoms with Crippen LogP contribution in [0.2, 0.25) is 0 Å². The summed E-state index contributed by atoms with van der Waals surface area (Å²) in [6.45, 7) is 3.85. The van der Waals surface area contributed by atoms with E-state index in [0.717, 1.165) is 17.5 Å². The Hall–Kier alpha value is -2.26. The van der Waals surface area contributed by atoms with Crippen LogP contribution in [0.1, 0.15) is 30.4 Å². The fraction of sp³-hybridized carbons (Fsp3) is 0.480. The average molecular weight is 472 g/mol. The van der Waals surface area contributed by atoms with Crippen molar-refractivity contribution in [3.8, 4) is 0 Å². The van der Waals surface area contributed by atoms with Crippen LogP contribution in [0.3, 0.4) is 0 Å². The van der Waals surface area contributed by atoms with Gasteiger partial charge in [0.15, 0.2) is 0 Å². The monoisotopic (exact) mass is 471 g/mol. The van der Waals surface area contributed by atoms with Crippen LogP contribution in [0.5, 0.6) is 0 Å².